The molecule has 4 heteroatoms. The second-order valence-corrected chi connectivity index (χ2v) is 4.59. The zero-order chi connectivity index (χ0) is 13.1. The first-order valence-corrected chi connectivity index (χ1v) is 6.64. The van der Waals surface area contributed by atoms with Crippen molar-refractivity contribution in [2.75, 3.05) is 26.8 Å². The monoisotopic (exact) mass is 244 g/mol. The largest absolute Gasteiger partial charge is 0.385 e. The van der Waals surface area contributed by atoms with Gasteiger partial charge in [0, 0.05) is 26.8 Å². The average molecular weight is 244 g/mol. The van der Waals surface area contributed by atoms with Gasteiger partial charge in [0.1, 0.15) is 0 Å². The minimum absolute atomic E-state index is 0.111. The van der Waals surface area contributed by atoms with Gasteiger partial charge in [-0.15, -0.1) is 0 Å². The summed E-state index contributed by atoms with van der Waals surface area (Å²) >= 11 is 0. The van der Waals surface area contributed by atoms with Crippen molar-refractivity contribution in [3.63, 3.8) is 0 Å². The lowest BCUT2D eigenvalue weighted by molar-refractivity contribution is -0.131. The van der Waals surface area contributed by atoms with Gasteiger partial charge in [-0.05, 0) is 19.3 Å². The number of carbonyl (C=O) groups is 1. The minimum Gasteiger partial charge on any atom is -0.385 e. The molecule has 0 aromatic rings. The van der Waals surface area contributed by atoms with Gasteiger partial charge in [0.25, 0.3) is 0 Å². The number of nitrogens with two attached hydrogens (primary N) is 1. The summed E-state index contributed by atoms with van der Waals surface area (Å²) in [7, 11) is 1.67. The highest BCUT2D eigenvalue weighted by molar-refractivity contribution is 5.82. The molecule has 0 bridgehead atoms. The summed E-state index contributed by atoms with van der Waals surface area (Å²) in [6.45, 7) is 5.97. The third-order valence-corrected chi connectivity index (χ3v) is 3.14. The molecule has 102 valence electrons. The van der Waals surface area contributed by atoms with Gasteiger partial charge in [0.05, 0.1) is 5.41 Å². The van der Waals surface area contributed by atoms with Crippen LogP contribution in [0.3, 0.4) is 0 Å². The fraction of sp³-hybridized carbons (Fsp3) is 0.923. The number of hydrogen-bond donors (Lipinski definition) is 2. The molecule has 0 radical (unpaired) electrons. The van der Waals surface area contributed by atoms with Crippen molar-refractivity contribution in [2.45, 2.75) is 46.0 Å². The second-order valence-electron chi connectivity index (χ2n) is 4.59. The summed E-state index contributed by atoms with van der Waals surface area (Å²) in [5.41, 5.74) is 5.46. The van der Waals surface area contributed by atoms with Crippen molar-refractivity contribution in [3.8, 4) is 0 Å². The van der Waals surface area contributed by atoms with Crippen molar-refractivity contribution in [2.24, 2.45) is 11.1 Å². The van der Waals surface area contributed by atoms with Crippen LogP contribution in [0.25, 0.3) is 0 Å². The van der Waals surface area contributed by atoms with Crippen molar-refractivity contribution in [1.82, 2.24) is 5.32 Å². The van der Waals surface area contributed by atoms with Crippen LogP contribution in [0.15, 0.2) is 0 Å². The van der Waals surface area contributed by atoms with Gasteiger partial charge in [-0.25, -0.2) is 0 Å². The first-order valence-electron chi connectivity index (χ1n) is 6.64. The van der Waals surface area contributed by atoms with Crippen LogP contribution in [0.5, 0.6) is 0 Å². The lowest BCUT2D eigenvalue weighted by Crippen LogP contribution is -2.46. The molecule has 0 spiro atoms. The fourth-order valence-electron chi connectivity index (χ4n) is 2.21. The Bertz CT molecular complexity index is 202. The highest BCUT2D eigenvalue weighted by atomic mass is 16.5. The molecule has 0 heterocycles. The van der Waals surface area contributed by atoms with E-state index in [9.17, 15) is 4.79 Å². The number of rotatable bonds is 10. The molecule has 4 nitrogen and oxygen atoms in total. The summed E-state index contributed by atoms with van der Waals surface area (Å²) in [6.07, 6.45) is 4.56. The van der Waals surface area contributed by atoms with E-state index in [1.165, 1.54) is 0 Å². The predicted molar refractivity (Wildman–Crippen MR) is 70.8 cm³/mol. The van der Waals surface area contributed by atoms with E-state index >= 15 is 0 Å². The Kier molecular flexibility index (Phi) is 9.09. The van der Waals surface area contributed by atoms with Crippen LogP contribution in [-0.4, -0.2) is 32.7 Å². The Morgan fingerprint density at radius 3 is 2.29 bits per heavy atom. The maximum atomic E-state index is 12.2. The molecule has 0 rings (SSSR count). The normalized spacial score (nSPS) is 11.5. The molecule has 0 atom stereocenters. The third kappa shape index (κ3) is 5.50. The highest BCUT2D eigenvalue weighted by Crippen LogP contribution is 2.28. The van der Waals surface area contributed by atoms with Crippen molar-refractivity contribution < 1.29 is 9.53 Å². The summed E-state index contributed by atoms with van der Waals surface area (Å²) in [6, 6.07) is 0. The molecule has 0 aliphatic carbocycles. The summed E-state index contributed by atoms with van der Waals surface area (Å²) in [5, 5.41) is 2.98. The predicted octanol–water partition coefficient (Wildman–Crippen LogP) is 1.68. The maximum absolute atomic E-state index is 12.2. The van der Waals surface area contributed by atoms with Gasteiger partial charge in [-0.2, -0.15) is 0 Å². The number of amides is 1. The second kappa shape index (κ2) is 9.42. The molecule has 0 unspecified atom stereocenters. The van der Waals surface area contributed by atoms with E-state index in [4.69, 9.17) is 10.5 Å². The molecule has 3 N–H and O–H groups in total. The topological polar surface area (TPSA) is 64.4 Å². The SMILES string of the molecule is CCCC(CN)(CCC)C(=O)NCCCOC. The van der Waals surface area contributed by atoms with Crippen LogP contribution in [0.2, 0.25) is 0 Å². The zero-order valence-corrected chi connectivity index (χ0v) is 11.6. The van der Waals surface area contributed by atoms with E-state index in [0.29, 0.717) is 19.7 Å². The van der Waals surface area contributed by atoms with Gasteiger partial charge in [-0.3, -0.25) is 4.79 Å². The van der Waals surface area contributed by atoms with Crippen LogP contribution in [-0.2, 0) is 9.53 Å². The molecular formula is C13H28N2O2. The van der Waals surface area contributed by atoms with Crippen LogP contribution in [0.4, 0.5) is 0 Å². The number of carbonyl (C=O) groups excluding carboxylic acids is 1. The van der Waals surface area contributed by atoms with E-state index in [0.717, 1.165) is 32.1 Å². The quantitative estimate of drug-likeness (QED) is 0.575. The van der Waals surface area contributed by atoms with Crippen LogP contribution < -0.4 is 11.1 Å². The Balaban J connectivity index is 4.30. The Labute approximate surface area is 105 Å². The Morgan fingerprint density at radius 1 is 1.29 bits per heavy atom. The molecule has 0 fully saturated rings. The van der Waals surface area contributed by atoms with Crippen LogP contribution >= 0.6 is 0 Å². The summed E-state index contributed by atoms with van der Waals surface area (Å²) < 4.78 is 4.95. The van der Waals surface area contributed by atoms with Crippen molar-refractivity contribution >= 4 is 5.91 Å². The van der Waals surface area contributed by atoms with Gasteiger partial charge in [0.2, 0.25) is 5.91 Å². The molecule has 0 aliphatic heterocycles. The average Bonchev–Trinajstić information content (AvgIpc) is 2.34. The molecule has 0 aromatic carbocycles. The molecule has 0 saturated heterocycles. The lowest BCUT2D eigenvalue weighted by atomic mass is 9.78. The first kappa shape index (κ1) is 16.4. The molecule has 0 aromatic heterocycles. The van der Waals surface area contributed by atoms with E-state index in [2.05, 4.69) is 19.2 Å². The minimum atomic E-state index is -0.365. The maximum Gasteiger partial charge on any atom is 0.227 e. The van der Waals surface area contributed by atoms with Crippen LogP contribution in [0.1, 0.15) is 46.0 Å². The number of hydrogen-bond acceptors (Lipinski definition) is 3. The Morgan fingerprint density at radius 2 is 1.88 bits per heavy atom. The van der Waals surface area contributed by atoms with E-state index in [1.807, 2.05) is 0 Å². The standard InChI is InChI=1S/C13H28N2O2/c1-4-7-13(11-14,8-5-2)12(16)15-9-6-10-17-3/h4-11,14H2,1-3H3,(H,15,16). The van der Waals surface area contributed by atoms with Gasteiger partial charge in [0.15, 0.2) is 0 Å². The molecule has 1 amide bonds. The highest BCUT2D eigenvalue weighted by Gasteiger charge is 2.34. The molecule has 0 aliphatic rings. The van der Waals surface area contributed by atoms with E-state index in [-0.39, 0.29) is 11.3 Å². The molecule has 0 saturated carbocycles. The smallest absolute Gasteiger partial charge is 0.227 e. The summed E-state index contributed by atoms with van der Waals surface area (Å²) in [5.74, 6) is 0.111. The first-order chi connectivity index (χ1) is 8.16. The van der Waals surface area contributed by atoms with Gasteiger partial charge < -0.3 is 15.8 Å². The van der Waals surface area contributed by atoms with Gasteiger partial charge in [-0.1, -0.05) is 26.7 Å². The molecular weight excluding hydrogens is 216 g/mol. The van der Waals surface area contributed by atoms with Crippen LogP contribution in [0, 0.1) is 5.41 Å². The zero-order valence-electron chi connectivity index (χ0n) is 11.6. The number of nitrogens with one attached hydrogen (secondary N) is 1. The van der Waals surface area contributed by atoms with Crippen molar-refractivity contribution in [3.05, 3.63) is 0 Å². The number of methoxy groups -OCH3 is 1. The van der Waals surface area contributed by atoms with E-state index in [1.54, 1.807) is 7.11 Å². The number of ether oxygens (including phenoxy) is 1. The Hall–Kier alpha value is -0.610. The van der Waals surface area contributed by atoms with E-state index < -0.39 is 0 Å². The van der Waals surface area contributed by atoms with Crippen molar-refractivity contribution in [1.29, 1.82) is 0 Å². The lowest BCUT2D eigenvalue weighted by Gasteiger charge is -2.30. The fourth-order valence-corrected chi connectivity index (χ4v) is 2.21. The molecule has 17 heavy (non-hydrogen) atoms. The third-order valence-electron chi connectivity index (χ3n) is 3.14. The summed E-state index contributed by atoms with van der Waals surface area (Å²) in [4.78, 5) is 12.2. The van der Waals surface area contributed by atoms with Gasteiger partial charge >= 0.3 is 0 Å².